The Bertz CT molecular complexity index is 804. The van der Waals surface area contributed by atoms with Gasteiger partial charge in [-0.3, -0.25) is 4.79 Å². The van der Waals surface area contributed by atoms with E-state index in [2.05, 4.69) is 58.3 Å². The largest absolute Gasteiger partial charge is 0.378 e. The molecule has 2 heterocycles. The molecule has 25 heavy (non-hydrogen) atoms. The summed E-state index contributed by atoms with van der Waals surface area (Å²) in [5, 5.41) is 0. The Morgan fingerprint density at radius 3 is 2.00 bits per heavy atom. The summed E-state index contributed by atoms with van der Waals surface area (Å²) in [7, 11) is 4.10. The van der Waals surface area contributed by atoms with Crippen LogP contribution >= 0.6 is 0 Å². The number of carbonyl (C=O) groups excluding carboxylic acids is 1. The zero-order valence-electron chi connectivity index (χ0n) is 14.9. The smallest absolute Gasteiger partial charge is 0.234 e. The molecule has 5 rings (SSSR count). The van der Waals surface area contributed by atoms with Crippen LogP contribution in [0.4, 0.5) is 5.69 Å². The Hall–Kier alpha value is -2.29. The third-order valence-corrected chi connectivity index (χ3v) is 6.43. The van der Waals surface area contributed by atoms with E-state index in [0.717, 1.165) is 25.7 Å². The molecule has 2 bridgehead atoms. The maximum atomic E-state index is 13.6. The minimum absolute atomic E-state index is 0.270. The van der Waals surface area contributed by atoms with Gasteiger partial charge < -0.3 is 9.80 Å². The van der Waals surface area contributed by atoms with Gasteiger partial charge in [0.15, 0.2) is 0 Å². The summed E-state index contributed by atoms with van der Waals surface area (Å²) in [4.78, 5) is 17.9. The summed E-state index contributed by atoms with van der Waals surface area (Å²) in [6.45, 7) is 0. The van der Waals surface area contributed by atoms with Crippen molar-refractivity contribution in [1.82, 2.24) is 4.90 Å². The highest BCUT2D eigenvalue weighted by Gasteiger charge is 2.58. The standard InChI is InChI=1S/C22H24N2O/c1-23(2)16-9-7-15(8-10-16)22(13-14-22)21(25)24-19-11-12-20(24)18-6-4-3-5-17(18)19/h3-10,19-20H,11-14H2,1-2H3. The molecule has 3 heteroatoms. The van der Waals surface area contributed by atoms with Crippen molar-refractivity contribution < 1.29 is 4.79 Å². The van der Waals surface area contributed by atoms with Gasteiger partial charge in [0, 0.05) is 19.8 Å². The molecule has 0 aromatic heterocycles. The van der Waals surface area contributed by atoms with Crippen molar-refractivity contribution in [2.24, 2.45) is 0 Å². The van der Waals surface area contributed by atoms with Gasteiger partial charge in [0.2, 0.25) is 5.91 Å². The molecule has 0 spiro atoms. The maximum absolute atomic E-state index is 13.6. The van der Waals surface area contributed by atoms with Crippen LogP contribution in [-0.2, 0) is 10.2 Å². The predicted octanol–water partition coefficient (Wildman–Crippen LogP) is 4.20. The van der Waals surface area contributed by atoms with Crippen LogP contribution in [0.1, 0.15) is 54.5 Å². The van der Waals surface area contributed by atoms with Gasteiger partial charge in [0.1, 0.15) is 0 Å². The lowest BCUT2D eigenvalue weighted by molar-refractivity contribution is -0.136. The van der Waals surface area contributed by atoms with Crippen molar-refractivity contribution in [2.45, 2.75) is 43.2 Å². The van der Waals surface area contributed by atoms with E-state index in [1.165, 1.54) is 22.4 Å². The minimum atomic E-state index is -0.270. The Balaban J connectivity index is 1.47. The SMILES string of the molecule is CN(C)c1ccc(C2(C(=O)N3C4CCC3c3ccccc34)CC2)cc1. The van der Waals surface area contributed by atoms with Crippen LogP contribution in [0.5, 0.6) is 0 Å². The van der Waals surface area contributed by atoms with E-state index in [1.807, 2.05) is 14.1 Å². The highest BCUT2D eigenvalue weighted by Crippen LogP contribution is 2.58. The molecule has 0 radical (unpaired) electrons. The zero-order valence-corrected chi connectivity index (χ0v) is 14.9. The Labute approximate surface area is 149 Å². The summed E-state index contributed by atoms with van der Waals surface area (Å²) < 4.78 is 0. The monoisotopic (exact) mass is 332 g/mol. The molecule has 1 amide bonds. The fourth-order valence-electron chi connectivity index (χ4n) is 4.90. The molecule has 3 nitrogen and oxygen atoms in total. The molecule has 0 N–H and O–H groups in total. The van der Waals surface area contributed by atoms with Crippen molar-refractivity contribution in [3.05, 3.63) is 65.2 Å². The van der Waals surface area contributed by atoms with E-state index < -0.39 is 0 Å². The molecule has 1 aliphatic carbocycles. The van der Waals surface area contributed by atoms with Crippen LogP contribution in [0.3, 0.4) is 0 Å². The third kappa shape index (κ3) is 2.01. The summed E-state index contributed by atoms with van der Waals surface area (Å²) in [6, 6.07) is 17.8. The Kier molecular flexibility index (Phi) is 3.06. The van der Waals surface area contributed by atoms with Crippen LogP contribution < -0.4 is 4.90 Å². The number of carbonyl (C=O) groups is 1. The van der Waals surface area contributed by atoms with Gasteiger partial charge in [-0.15, -0.1) is 0 Å². The molecule has 128 valence electrons. The molecule has 1 saturated carbocycles. The number of rotatable bonds is 3. The van der Waals surface area contributed by atoms with Crippen LogP contribution in [0.2, 0.25) is 0 Å². The molecule has 2 aromatic rings. The number of nitrogens with zero attached hydrogens (tertiary/aromatic N) is 2. The molecule has 2 unspecified atom stereocenters. The highest BCUT2D eigenvalue weighted by molar-refractivity contribution is 5.93. The number of hydrogen-bond donors (Lipinski definition) is 0. The lowest BCUT2D eigenvalue weighted by atomic mass is 9.92. The normalized spacial score (nSPS) is 25.0. The average Bonchev–Trinajstić information content (AvgIpc) is 3.26. The van der Waals surface area contributed by atoms with Crippen LogP contribution in [0.15, 0.2) is 48.5 Å². The number of anilines is 1. The van der Waals surface area contributed by atoms with Crippen molar-refractivity contribution >= 4 is 11.6 Å². The summed E-state index contributed by atoms with van der Waals surface area (Å²) in [5.74, 6) is 0.355. The van der Waals surface area contributed by atoms with Gasteiger partial charge in [-0.1, -0.05) is 36.4 Å². The van der Waals surface area contributed by atoms with Gasteiger partial charge in [-0.2, -0.15) is 0 Å². The lowest BCUT2D eigenvalue weighted by Crippen LogP contribution is -2.37. The molecule has 3 aliphatic rings. The molecule has 2 fully saturated rings. The van der Waals surface area contributed by atoms with Crippen molar-refractivity contribution in [3.8, 4) is 0 Å². The van der Waals surface area contributed by atoms with E-state index in [1.54, 1.807) is 0 Å². The quantitative estimate of drug-likeness (QED) is 0.841. The molecular formula is C22H24N2O. The van der Waals surface area contributed by atoms with Gasteiger partial charge in [0.05, 0.1) is 17.5 Å². The molecule has 2 aromatic carbocycles. The maximum Gasteiger partial charge on any atom is 0.234 e. The number of hydrogen-bond acceptors (Lipinski definition) is 2. The van der Waals surface area contributed by atoms with E-state index in [4.69, 9.17) is 0 Å². The number of benzene rings is 2. The first-order chi connectivity index (χ1) is 12.1. The van der Waals surface area contributed by atoms with Crippen LogP contribution in [0.25, 0.3) is 0 Å². The van der Waals surface area contributed by atoms with Crippen LogP contribution in [-0.4, -0.2) is 24.9 Å². The van der Waals surface area contributed by atoms with Gasteiger partial charge in [0.25, 0.3) is 0 Å². The van der Waals surface area contributed by atoms with Gasteiger partial charge in [-0.25, -0.2) is 0 Å². The molecule has 2 atom stereocenters. The highest BCUT2D eigenvalue weighted by atomic mass is 16.2. The second-order valence-corrected chi connectivity index (χ2v) is 7.97. The molecule has 1 saturated heterocycles. The molecular weight excluding hydrogens is 308 g/mol. The second kappa shape index (κ2) is 5.10. The lowest BCUT2D eigenvalue weighted by Gasteiger charge is -2.28. The van der Waals surface area contributed by atoms with Crippen molar-refractivity contribution in [1.29, 1.82) is 0 Å². The van der Waals surface area contributed by atoms with Crippen molar-refractivity contribution in [3.63, 3.8) is 0 Å². The number of amides is 1. The zero-order chi connectivity index (χ0) is 17.2. The first-order valence-electron chi connectivity index (χ1n) is 9.31. The second-order valence-electron chi connectivity index (χ2n) is 7.97. The van der Waals surface area contributed by atoms with E-state index in [-0.39, 0.29) is 5.41 Å². The van der Waals surface area contributed by atoms with Gasteiger partial charge in [-0.05, 0) is 54.5 Å². The minimum Gasteiger partial charge on any atom is -0.378 e. The first-order valence-corrected chi connectivity index (χ1v) is 9.31. The summed E-state index contributed by atoms with van der Waals surface area (Å²) in [6.07, 6.45) is 4.20. The fourth-order valence-corrected chi connectivity index (χ4v) is 4.90. The Morgan fingerprint density at radius 1 is 0.960 bits per heavy atom. The average molecular weight is 332 g/mol. The van der Waals surface area contributed by atoms with Gasteiger partial charge >= 0.3 is 0 Å². The summed E-state index contributed by atoms with van der Waals surface area (Å²) >= 11 is 0. The summed E-state index contributed by atoms with van der Waals surface area (Å²) in [5.41, 5.74) is 4.86. The number of fused-ring (bicyclic) bond motifs is 5. The first kappa shape index (κ1) is 15.0. The van der Waals surface area contributed by atoms with E-state index >= 15 is 0 Å². The fraction of sp³-hybridized carbons (Fsp3) is 0.409. The van der Waals surface area contributed by atoms with E-state index in [0.29, 0.717) is 18.0 Å². The van der Waals surface area contributed by atoms with Crippen molar-refractivity contribution in [2.75, 3.05) is 19.0 Å². The van der Waals surface area contributed by atoms with E-state index in [9.17, 15) is 4.79 Å². The molecule has 2 aliphatic heterocycles. The topological polar surface area (TPSA) is 23.6 Å². The predicted molar refractivity (Wildman–Crippen MR) is 99.7 cm³/mol. The van der Waals surface area contributed by atoms with Crippen LogP contribution in [0, 0.1) is 0 Å². The Morgan fingerprint density at radius 2 is 1.52 bits per heavy atom. The third-order valence-electron chi connectivity index (χ3n) is 6.43.